The number of benzene rings is 3. The maximum Gasteiger partial charge on any atom is 0.269 e. The summed E-state index contributed by atoms with van der Waals surface area (Å²) in [5.41, 5.74) is 1.08. The van der Waals surface area contributed by atoms with Gasteiger partial charge in [-0.1, -0.05) is 35.9 Å². The molecule has 0 unspecified atom stereocenters. The van der Waals surface area contributed by atoms with E-state index < -0.39 is 28.3 Å². The van der Waals surface area contributed by atoms with Gasteiger partial charge in [-0.25, -0.2) is 0 Å². The summed E-state index contributed by atoms with van der Waals surface area (Å²) < 4.78 is 5.78. The molecule has 10 nitrogen and oxygen atoms in total. The van der Waals surface area contributed by atoms with Crippen molar-refractivity contribution < 1.29 is 19.4 Å². The Kier molecular flexibility index (Phi) is 5.85. The molecule has 5 rings (SSSR count). The third-order valence-electron chi connectivity index (χ3n) is 6.97. The molecule has 0 bridgehead atoms. The van der Waals surface area contributed by atoms with Gasteiger partial charge < -0.3 is 10.1 Å². The number of non-ortho nitro benzene ring substituents is 1. The Morgan fingerprint density at radius 2 is 1.83 bits per heavy atom. The lowest BCUT2D eigenvalue weighted by atomic mass is 9.79. The first-order valence-electron chi connectivity index (χ1n) is 11.1. The number of nitro groups is 2. The number of carbonyl (C=O) groups excluding carboxylic acids is 1. The van der Waals surface area contributed by atoms with Crippen molar-refractivity contribution in [2.75, 3.05) is 18.9 Å². The second kappa shape index (κ2) is 8.89. The van der Waals surface area contributed by atoms with Crippen molar-refractivity contribution in [1.82, 2.24) is 4.90 Å². The lowest BCUT2D eigenvalue weighted by Crippen LogP contribution is -2.54. The van der Waals surface area contributed by atoms with Crippen LogP contribution >= 0.6 is 11.6 Å². The minimum absolute atomic E-state index is 0.0145. The van der Waals surface area contributed by atoms with Crippen LogP contribution in [0.5, 0.6) is 5.75 Å². The van der Waals surface area contributed by atoms with Crippen molar-refractivity contribution in [2.45, 2.75) is 24.1 Å². The molecule has 2 aliphatic rings. The molecule has 1 saturated heterocycles. The minimum atomic E-state index is -1.43. The number of likely N-dealkylation sites (tertiary alicyclic amines) is 1. The molecule has 1 N–H and O–H groups in total. The highest BCUT2D eigenvalue weighted by molar-refractivity contribution is 6.32. The Hall–Kier alpha value is -4.02. The molecule has 11 heteroatoms. The number of carbonyl (C=O) groups is 1. The number of ether oxygens (including phenoxy) is 1. The number of anilines is 1. The van der Waals surface area contributed by atoms with Crippen LogP contribution in [-0.4, -0.2) is 40.3 Å². The van der Waals surface area contributed by atoms with Gasteiger partial charge >= 0.3 is 0 Å². The van der Waals surface area contributed by atoms with E-state index in [1.807, 2.05) is 0 Å². The van der Waals surface area contributed by atoms with E-state index in [-0.39, 0.29) is 28.8 Å². The first-order valence-corrected chi connectivity index (χ1v) is 11.5. The van der Waals surface area contributed by atoms with Crippen LogP contribution in [0, 0.1) is 20.2 Å². The summed E-state index contributed by atoms with van der Waals surface area (Å²) in [4.78, 5) is 37.4. The molecule has 1 spiro atoms. The molecule has 2 aliphatic heterocycles. The van der Waals surface area contributed by atoms with Gasteiger partial charge in [-0.05, 0) is 48.5 Å². The third-order valence-corrected chi connectivity index (χ3v) is 7.26. The maximum absolute atomic E-state index is 13.2. The topological polar surface area (TPSA) is 128 Å². The van der Waals surface area contributed by atoms with Gasteiger partial charge in [-0.3, -0.25) is 29.9 Å². The van der Waals surface area contributed by atoms with Crippen molar-refractivity contribution in [3.05, 3.63) is 109 Å². The third kappa shape index (κ3) is 3.66. The SMILES string of the molecule is CN1C[C@H](c2ccc(OCc3ccc([N+](=O)[O-])cc3)c(Cl)c2)[C@@H]([N+](=O)[O-])[C@@]12C(=O)Nc1ccccc12. The highest BCUT2D eigenvalue weighted by atomic mass is 35.5. The van der Waals surface area contributed by atoms with E-state index in [0.29, 0.717) is 22.6 Å². The minimum Gasteiger partial charge on any atom is -0.487 e. The molecule has 0 aliphatic carbocycles. The molecule has 3 aromatic rings. The van der Waals surface area contributed by atoms with Gasteiger partial charge in [0.25, 0.3) is 17.6 Å². The van der Waals surface area contributed by atoms with Crippen LogP contribution in [0.4, 0.5) is 11.4 Å². The highest BCUT2D eigenvalue weighted by Gasteiger charge is 2.68. The Labute approximate surface area is 210 Å². The van der Waals surface area contributed by atoms with Crippen molar-refractivity contribution in [1.29, 1.82) is 0 Å². The fraction of sp³-hybridized carbons (Fsp3) is 0.240. The van der Waals surface area contributed by atoms with E-state index in [4.69, 9.17) is 16.3 Å². The standard InChI is InChI=1S/C25H21ClN4O6/c1-28-13-18(23(30(34)35)25(28)19-4-2-3-5-21(19)27-24(25)31)16-8-11-22(20(26)12-16)36-14-15-6-9-17(10-7-15)29(32)33/h2-12,18,23H,13-14H2,1H3,(H,27,31)/t18-,23-,25+/m1/s1. The molecule has 0 radical (unpaired) electrons. The van der Waals surface area contributed by atoms with Gasteiger partial charge in [0.15, 0.2) is 5.54 Å². The zero-order valence-corrected chi connectivity index (χ0v) is 19.8. The molecule has 0 saturated carbocycles. The number of rotatable bonds is 6. The molecule has 184 valence electrons. The van der Waals surface area contributed by atoms with Gasteiger partial charge in [-0.15, -0.1) is 0 Å². The van der Waals surface area contributed by atoms with Crippen molar-refractivity contribution in [3.63, 3.8) is 0 Å². The summed E-state index contributed by atoms with van der Waals surface area (Å²) in [7, 11) is 1.72. The van der Waals surface area contributed by atoms with Crippen molar-refractivity contribution in [3.8, 4) is 5.75 Å². The number of para-hydroxylation sites is 1. The molecule has 1 amide bonds. The van der Waals surface area contributed by atoms with Gasteiger partial charge in [-0.2, -0.15) is 0 Å². The molecule has 0 aromatic heterocycles. The first-order chi connectivity index (χ1) is 17.2. The number of nitrogens with one attached hydrogen (secondary N) is 1. The van der Waals surface area contributed by atoms with Gasteiger partial charge in [0.1, 0.15) is 12.4 Å². The van der Waals surface area contributed by atoms with E-state index in [9.17, 15) is 25.0 Å². The number of hydrogen-bond acceptors (Lipinski definition) is 7. The van der Waals surface area contributed by atoms with Crippen molar-refractivity contribution >= 4 is 28.9 Å². The van der Waals surface area contributed by atoms with Crippen molar-refractivity contribution in [2.24, 2.45) is 0 Å². The zero-order chi connectivity index (χ0) is 25.6. The number of nitrogens with zero attached hydrogens (tertiary/aromatic N) is 3. The summed E-state index contributed by atoms with van der Waals surface area (Å²) in [6, 6.07) is 16.8. The van der Waals surface area contributed by atoms with Crippen LogP contribution in [0.15, 0.2) is 66.7 Å². The normalized spacial score (nSPS) is 22.9. The van der Waals surface area contributed by atoms with E-state index in [0.717, 1.165) is 5.56 Å². The average molecular weight is 509 g/mol. The molecule has 36 heavy (non-hydrogen) atoms. The predicted octanol–water partition coefficient (Wildman–Crippen LogP) is 4.35. The van der Waals surface area contributed by atoms with Gasteiger partial charge in [0.05, 0.1) is 15.9 Å². The Bertz CT molecular complexity index is 1380. The molecule has 3 aromatic carbocycles. The van der Waals surface area contributed by atoms with E-state index in [1.54, 1.807) is 66.5 Å². The van der Waals surface area contributed by atoms with Crippen LogP contribution in [-0.2, 0) is 16.9 Å². The summed E-state index contributed by atoms with van der Waals surface area (Å²) in [5, 5.41) is 26.3. The van der Waals surface area contributed by atoms with E-state index >= 15 is 0 Å². The lowest BCUT2D eigenvalue weighted by Gasteiger charge is -2.30. The molecule has 3 atom stereocenters. The lowest BCUT2D eigenvalue weighted by molar-refractivity contribution is -0.534. The summed E-state index contributed by atoms with van der Waals surface area (Å²) in [6.45, 7) is 0.424. The maximum atomic E-state index is 13.2. The molecular formula is C25H21ClN4O6. The van der Waals surface area contributed by atoms with Crippen LogP contribution < -0.4 is 10.1 Å². The number of amides is 1. The molecule has 2 heterocycles. The fourth-order valence-electron chi connectivity index (χ4n) is 5.32. The summed E-state index contributed by atoms with van der Waals surface area (Å²) in [6.07, 6.45) is 0. The Balaban J connectivity index is 1.42. The summed E-state index contributed by atoms with van der Waals surface area (Å²) in [5.74, 6) is -0.630. The second-order valence-electron chi connectivity index (χ2n) is 8.89. The second-order valence-corrected chi connectivity index (χ2v) is 9.29. The average Bonchev–Trinajstić information content (AvgIpc) is 3.33. The highest BCUT2D eigenvalue weighted by Crippen LogP contribution is 2.52. The largest absolute Gasteiger partial charge is 0.487 e. The number of likely N-dealkylation sites (N-methyl/N-ethyl adjacent to an activating group) is 1. The number of hydrogen-bond donors (Lipinski definition) is 1. The Morgan fingerprint density at radius 1 is 1.11 bits per heavy atom. The zero-order valence-electron chi connectivity index (χ0n) is 19.1. The van der Waals surface area contributed by atoms with Crippen LogP contribution in [0.3, 0.4) is 0 Å². The fourth-order valence-corrected chi connectivity index (χ4v) is 5.56. The monoisotopic (exact) mass is 508 g/mol. The number of halogens is 1. The van der Waals surface area contributed by atoms with Gasteiger partial charge in [0.2, 0.25) is 0 Å². The predicted molar refractivity (Wildman–Crippen MR) is 132 cm³/mol. The van der Waals surface area contributed by atoms with Crippen LogP contribution in [0.2, 0.25) is 5.02 Å². The summed E-state index contributed by atoms with van der Waals surface area (Å²) >= 11 is 6.49. The van der Waals surface area contributed by atoms with E-state index in [2.05, 4.69) is 5.32 Å². The molecular weight excluding hydrogens is 488 g/mol. The number of fused-ring (bicyclic) bond motifs is 2. The quantitative estimate of drug-likeness (QED) is 0.387. The van der Waals surface area contributed by atoms with Crippen LogP contribution in [0.25, 0.3) is 0 Å². The smallest absolute Gasteiger partial charge is 0.269 e. The van der Waals surface area contributed by atoms with E-state index in [1.165, 1.54) is 12.1 Å². The van der Waals surface area contributed by atoms with Crippen LogP contribution in [0.1, 0.15) is 22.6 Å². The first kappa shape index (κ1) is 23.7. The van der Waals surface area contributed by atoms with Gasteiger partial charge in [0, 0.05) is 34.9 Å². The Morgan fingerprint density at radius 3 is 2.50 bits per heavy atom. The number of nitro benzene ring substituents is 1. The molecule has 1 fully saturated rings.